The number of amides is 1. The molecule has 108 valence electrons. The second-order valence-electron chi connectivity index (χ2n) is 6.48. The topological polar surface area (TPSA) is 53.2 Å². The molecule has 3 aliphatic rings. The third-order valence-electron chi connectivity index (χ3n) is 4.90. The van der Waals surface area contributed by atoms with Crippen molar-refractivity contribution < 1.29 is 4.79 Å². The van der Waals surface area contributed by atoms with Gasteiger partial charge in [-0.2, -0.15) is 0 Å². The molecule has 2 saturated carbocycles. The minimum absolute atomic E-state index is 0.186. The minimum atomic E-state index is 0.186. The smallest absolute Gasteiger partial charge is 0.234 e. The molecule has 0 radical (unpaired) electrons. The molecule has 1 amide bonds. The van der Waals surface area contributed by atoms with Crippen LogP contribution in [0.1, 0.15) is 51.4 Å². The van der Waals surface area contributed by atoms with E-state index in [0.717, 1.165) is 5.92 Å². The lowest BCUT2D eigenvalue weighted by Crippen LogP contribution is -2.49. The average molecular weight is 265 g/mol. The predicted molar refractivity (Wildman–Crippen MR) is 75.9 cm³/mol. The Morgan fingerprint density at radius 2 is 1.89 bits per heavy atom. The van der Waals surface area contributed by atoms with Crippen molar-refractivity contribution in [2.45, 2.75) is 69.5 Å². The molecule has 19 heavy (non-hydrogen) atoms. The van der Waals surface area contributed by atoms with Gasteiger partial charge in [0.15, 0.2) is 0 Å². The van der Waals surface area contributed by atoms with Gasteiger partial charge < -0.3 is 16.0 Å². The first-order valence-electron chi connectivity index (χ1n) is 8.09. The lowest BCUT2D eigenvalue weighted by molar-refractivity contribution is -0.120. The summed E-state index contributed by atoms with van der Waals surface area (Å²) >= 11 is 0. The zero-order valence-corrected chi connectivity index (χ0v) is 11.8. The van der Waals surface area contributed by atoms with E-state index in [9.17, 15) is 4.79 Å². The fourth-order valence-corrected chi connectivity index (χ4v) is 3.70. The van der Waals surface area contributed by atoms with Crippen LogP contribution in [-0.4, -0.2) is 37.1 Å². The van der Waals surface area contributed by atoms with Crippen LogP contribution in [0.15, 0.2) is 0 Å². The van der Waals surface area contributed by atoms with Crippen molar-refractivity contribution in [2.75, 3.05) is 13.1 Å². The van der Waals surface area contributed by atoms with Crippen molar-refractivity contribution >= 4 is 5.91 Å². The molecular formula is C15H27N3O. The van der Waals surface area contributed by atoms with E-state index in [4.69, 9.17) is 0 Å². The number of hydrogen-bond acceptors (Lipinski definition) is 3. The molecule has 3 fully saturated rings. The number of hydrogen-bond donors (Lipinski definition) is 3. The quantitative estimate of drug-likeness (QED) is 0.699. The van der Waals surface area contributed by atoms with Crippen LogP contribution in [0.25, 0.3) is 0 Å². The van der Waals surface area contributed by atoms with Gasteiger partial charge in [0.05, 0.1) is 6.54 Å². The zero-order valence-electron chi connectivity index (χ0n) is 11.8. The number of rotatable bonds is 5. The fourth-order valence-electron chi connectivity index (χ4n) is 3.70. The largest absolute Gasteiger partial charge is 0.352 e. The highest BCUT2D eigenvalue weighted by molar-refractivity contribution is 5.78. The standard InChI is InChI=1S/C15H27N3O/c19-15(18-11-7-8-11)10-17-14-5-2-1-4-12(14)13-6-3-9-16-13/h11-14,16-17H,1-10H2,(H,18,19). The molecule has 1 aliphatic heterocycles. The lowest BCUT2D eigenvalue weighted by Gasteiger charge is -2.36. The van der Waals surface area contributed by atoms with Crippen molar-refractivity contribution in [2.24, 2.45) is 5.92 Å². The molecule has 0 bridgehead atoms. The molecule has 1 saturated heterocycles. The molecule has 0 aromatic rings. The maximum atomic E-state index is 11.8. The van der Waals surface area contributed by atoms with Gasteiger partial charge in [0.1, 0.15) is 0 Å². The lowest BCUT2D eigenvalue weighted by atomic mass is 9.79. The van der Waals surface area contributed by atoms with Crippen LogP contribution >= 0.6 is 0 Å². The number of carbonyl (C=O) groups is 1. The molecule has 2 aliphatic carbocycles. The Bertz CT molecular complexity index is 311. The Hall–Kier alpha value is -0.610. The van der Waals surface area contributed by atoms with Crippen LogP contribution in [0.4, 0.5) is 0 Å². The Balaban J connectivity index is 1.47. The minimum Gasteiger partial charge on any atom is -0.352 e. The summed E-state index contributed by atoms with van der Waals surface area (Å²) in [5.41, 5.74) is 0. The van der Waals surface area contributed by atoms with E-state index < -0.39 is 0 Å². The monoisotopic (exact) mass is 265 g/mol. The first kappa shape index (κ1) is 13.4. The molecule has 0 spiro atoms. The van der Waals surface area contributed by atoms with Crippen molar-refractivity contribution in [1.29, 1.82) is 0 Å². The van der Waals surface area contributed by atoms with Gasteiger partial charge in [-0.05, 0) is 51.0 Å². The number of carbonyl (C=O) groups excluding carboxylic acids is 1. The maximum Gasteiger partial charge on any atom is 0.234 e. The third-order valence-corrected chi connectivity index (χ3v) is 4.90. The predicted octanol–water partition coefficient (Wildman–Crippen LogP) is 1.17. The SMILES string of the molecule is O=C(CNC1CCCCC1C1CCCN1)NC1CC1. The van der Waals surface area contributed by atoms with Crippen molar-refractivity contribution in [3.05, 3.63) is 0 Å². The van der Waals surface area contributed by atoms with Crippen LogP contribution in [0, 0.1) is 5.92 Å². The van der Waals surface area contributed by atoms with Gasteiger partial charge in [-0.25, -0.2) is 0 Å². The molecule has 3 atom stereocenters. The normalized spacial score (nSPS) is 35.3. The highest BCUT2D eigenvalue weighted by Gasteiger charge is 2.33. The van der Waals surface area contributed by atoms with E-state index in [-0.39, 0.29) is 5.91 Å². The summed E-state index contributed by atoms with van der Waals surface area (Å²) in [5, 5.41) is 10.2. The highest BCUT2D eigenvalue weighted by atomic mass is 16.2. The van der Waals surface area contributed by atoms with E-state index in [1.165, 1.54) is 57.9 Å². The Morgan fingerprint density at radius 1 is 1.05 bits per heavy atom. The molecule has 4 heteroatoms. The van der Waals surface area contributed by atoms with Crippen molar-refractivity contribution in [1.82, 2.24) is 16.0 Å². The summed E-state index contributed by atoms with van der Waals surface area (Å²) in [6, 6.07) is 1.70. The van der Waals surface area contributed by atoms with E-state index >= 15 is 0 Å². The average Bonchev–Trinajstić information content (AvgIpc) is 3.07. The third kappa shape index (κ3) is 3.69. The number of nitrogens with one attached hydrogen (secondary N) is 3. The summed E-state index contributed by atoms with van der Waals surface area (Å²) in [6.07, 6.45) is 10.2. The van der Waals surface area contributed by atoms with Gasteiger partial charge in [-0.3, -0.25) is 4.79 Å². The molecule has 3 N–H and O–H groups in total. The Morgan fingerprint density at radius 3 is 2.63 bits per heavy atom. The second-order valence-corrected chi connectivity index (χ2v) is 6.48. The van der Waals surface area contributed by atoms with Gasteiger partial charge >= 0.3 is 0 Å². The van der Waals surface area contributed by atoms with Gasteiger partial charge in [0.2, 0.25) is 5.91 Å². The molecule has 0 aromatic heterocycles. The van der Waals surface area contributed by atoms with Crippen LogP contribution in [-0.2, 0) is 4.79 Å². The van der Waals surface area contributed by atoms with Crippen LogP contribution in [0.5, 0.6) is 0 Å². The molecule has 1 heterocycles. The molecule has 4 nitrogen and oxygen atoms in total. The first-order chi connectivity index (χ1) is 9.33. The first-order valence-corrected chi connectivity index (χ1v) is 8.09. The highest BCUT2D eigenvalue weighted by Crippen LogP contribution is 2.30. The van der Waals surface area contributed by atoms with Crippen LogP contribution < -0.4 is 16.0 Å². The molecule has 0 aromatic carbocycles. The second kappa shape index (κ2) is 6.23. The molecular weight excluding hydrogens is 238 g/mol. The summed E-state index contributed by atoms with van der Waals surface area (Å²) in [4.78, 5) is 11.8. The van der Waals surface area contributed by atoms with Gasteiger partial charge in [0.25, 0.3) is 0 Å². The van der Waals surface area contributed by atoms with Gasteiger partial charge in [0, 0.05) is 18.1 Å². The Kier molecular flexibility index (Phi) is 4.38. The maximum absolute atomic E-state index is 11.8. The van der Waals surface area contributed by atoms with Crippen LogP contribution in [0.2, 0.25) is 0 Å². The summed E-state index contributed by atoms with van der Waals surface area (Å²) in [7, 11) is 0. The van der Waals surface area contributed by atoms with Crippen LogP contribution in [0.3, 0.4) is 0 Å². The van der Waals surface area contributed by atoms with E-state index in [1.807, 2.05) is 0 Å². The summed E-state index contributed by atoms with van der Waals surface area (Å²) < 4.78 is 0. The zero-order chi connectivity index (χ0) is 13.1. The van der Waals surface area contributed by atoms with E-state index in [1.54, 1.807) is 0 Å². The molecule has 3 unspecified atom stereocenters. The van der Waals surface area contributed by atoms with Crippen molar-refractivity contribution in [3.63, 3.8) is 0 Å². The van der Waals surface area contributed by atoms with Gasteiger partial charge in [-0.15, -0.1) is 0 Å². The van der Waals surface area contributed by atoms with Gasteiger partial charge in [-0.1, -0.05) is 12.8 Å². The van der Waals surface area contributed by atoms with E-state index in [0.29, 0.717) is 24.7 Å². The summed E-state index contributed by atoms with van der Waals surface area (Å²) in [6.45, 7) is 1.68. The fraction of sp³-hybridized carbons (Fsp3) is 0.933. The van der Waals surface area contributed by atoms with Crippen molar-refractivity contribution in [3.8, 4) is 0 Å². The molecule has 3 rings (SSSR count). The summed E-state index contributed by atoms with van der Waals surface area (Å²) in [5.74, 6) is 0.913. The Labute approximate surface area is 116 Å². The van der Waals surface area contributed by atoms with E-state index in [2.05, 4.69) is 16.0 Å².